The van der Waals surface area contributed by atoms with Crippen LogP contribution < -0.4 is 0 Å². The fourth-order valence-corrected chi connectivity index (χ4v) is 4.50. The van der Waals surface area contributed by atoms with Crippen LogP contribution >= 0.6 is 11.3 Å². The van der Waals surface area contributed by atoms with Gasteiger partial charge >= 0.3 is 0 Å². The lowest BCUT2D eigenvalue weighted by atomic mass is 10.1. The molecule has 0 aliphatic carbocycles. The smallest absolute Gasteiger partial charge is 0.229 e. The van der Waals surface area contributed by atoms with E-state index in [-0.39, 0.29) is 11.9 Å². The molecule has 1 atom stereocenters. The molecule has 4 rings (SSSR count). The van der Waals surface area contributed by atoms with Gasteiger partial charge in [-0.25, -0.2) is 4.98 Å². The topological polar surface area (TPSA) is 51.3 Å². The SMILES string of the molecule is Cn1cccc1C1CCCCCN1C(=O)Cc1csc(-c2ccoc2)n1. The molecule has 3 aromatic rings. The van der Waals surface area contributed by atoms with Crippen molar-refractivity contribution in [3.8, 4) is 10.6 Å². The molecule has 0 bridgehead atoms. The molecule has 4 heterocycles. The minimum absolute atomic E-state index is 0.164. The second-order valence-corrected chi connectivity index (χ2v) is 7.69. The first-order chi connectivity index (χ1) is 12.7. The largest absolute Gasteiger partial charge is 0.472 e. The second-order valence-electron chi connectivity index (χ2n) is 6.83. The van der Waals surface area contributed by atoms with Crippen molar-refractivity contribution in [3.05, 3.63) is 53.7 Å². The summed E-state index contributed by atoms with van der Waals surface area (Å²) in [6.07, 6.45) is 10.2. The van der Waals surface area contributed by atoms with Gasteiger partial charge < -0.3 is 13.9 Å². The second kappa shape index (κ2) is 7.50. The third kappa shape index (κ3) is 3.46. The number of rotatable bonds is 4. The third-order valence-electron chi connectivity index (χ3n) is 5.05. The van der Waals surface area contributed by atoms with Crippen molar-refractivity contribution in [1.82, 2.24) is 14.5 Å². The van der Waals surface area contributed by atoms with E-state index in [1.807, 2.05) is 11.4 Å². The fourth-order valence-electron chi connectivity index (χ4n) is 3.70. The van der Waals surface area contributed by atoms with Gasteiger partial charge in [0, 0.05) is 36.4 Å². The highest BCUT2D eigenvalue weighted by molar-refractivity contribution is 7.13. The lowest BCUT2D eigenvalue weighted by Gasteiger charge is -2.30. The predicted octanol–water partition coefficient (Wildman–Crippen LogP) is 4.43. The molecule has 1 saturated heterocycles. The lowest BCUT2D eigenvalue weighted by Crippen LogP contribution is -2.36. The predicted molar refractivity (Wildman–Crippen MR) is 102 cm³/mol. The Kier molecular flexibility index (Phi) is 4.93. The maximum atomic E-state index is 13.1. The number of hydrogen-bond acceptors (Lipinski definition) is 4. The monoisotopic (exact) mass is 369 g/mol. The highest BCUT2D eigenvalue weighted by Gasteiger charge is 2.28. The van der Waals surface area contributed by atoms with E-state index >= 15 is 0 Å². The summed E-state index contributed by atoms with van der Waals surface area (Å²) in [5.41, 5.74) is 3.02. The molecule has 1 aliphatic rings. The van der Waals surface area contributed by atoms with Crippen LogP contribution in [0.1, 0.15) is 43.1 Å². The molecule has 0 N–H and O–H groups in total. The van der Waals surface area contributed by atoms with E-state index < -0.39 is 0 Å². The van der Waals surface area contributed by atoms with Gasteiger partial charge in [0.2, 0.25) is 5.91 Å². The average molecular weight is 369 g/mol. The number of carbonyl (C=O) groups excluding carboxylic acids is 1. The van der Waals surface area contributed by atoms with Gasteiger partial charge in [-0.05, 0) is 31.0 Å². The quantitative estimate of drug-likeness (QED) is 0.684. The van der Waals surface area contributed by atoms with E-state index in [0.29, 0.717) is 6.42 Å². The molecule has 1 unspecified atom stereocenters. The van der Waals surface area contributed by atoms with Crippen molar-refractivity contribution < 1.29 is 9.21 Å². The zero-order chi connectivity index (χ0) is 17.9. The van der Waals surface area contributed by atoms with E-state index in [9.17, 15) is 4.79 Å². The number of likely N-dealkylation sites (tertiary alicyclic amines) is 1. The van der Waals surface area contributed by atoms with Gasteiger partial charge in [0.05, 0.1) is 24.4 Å². The summed E-state index contributed by atoms with van der Waals surface area (Å²) >= 11 is 1.56. The Morgan fingerprint density at radius 1 is 1.35 bits per heavy atom. The molecule has 6 heteroatoms. The first-order valence-corrected chi connectivity index (χ1v) is 9.98. The average Bonchev–Trinajstić information content (AvgIpc) is 3.35. The van der Waals surface area contributed by atoms with Crippen LogP contribution in [0.4, 0.5) is 0 Å². The Morgan fingerprint density at radius 2 is 2.27 bits per heavy atom. The molecule has 0 saturated carbocycles. The normalized spacial score (nSPS) is 18.0. The number of aryl methyl sites for hydroxylation is 1. The number of thiazole rings is 1. The fraction of sp³-hybridized carbons (Fsp3) is 0.400. The Balaban J connectivity index is 1.52. The minimum atomic E-state index is 0.164. The first-order valence-electron chi connectivity index (χ1n) is 9.10. The van der Waals surface area contributed by atoms with Crippen molar-refractivity contribution in [2.45, 2.75) is 38.1 Å². The summed E-state index contributed by atoms with van der Waals surface area (Å²) in [6.45, 7) is 0.827. The molecule has 0 radical (unpaired) electrons. The van der Waals surface area contributed by atoms with Crippen molar-refractivity contribution >= 4 is 17.2 Å². The molecule has 5 nitrogen and oxygen atoms in total. The van der Waals surface area contributed by atoms with Gasteiger partial charge in [0.15, 0.2) is 0 Å². The molecule has 26 heavy (non-hydrogen) atoms. The summed E-state index contributed by atoms with van der Waals surface area (Å²) in [7, 11) is 2.06. The van der Waals surface area contributed by atoms with Crippen molar-refractivity contribution in [2.75, 3.05) is 6.54 Å². The molecule has 1 amide bonds. The van der Waals surface area contributed by atoms with Crippen LogP contribution in [0.2, 0.25) is 0 Å². The maximum absolute atomic E-state index is 13.1. The molecule has 0 aromatic carbocycles. The summed E-state index contributed by atoms with van der Waals surface area (Å²) in [5, 5.41) is 2.88. The van der Waals surface area contributed by atoms with E-state index in [4.69, 9.17) is 4.42 Å². The van der Waals surface area contributed by atoms with Crippen molar-refractivity contribution in [1.29, 1.82) is 0 Å². The van der Waals surface area contributed by atoms with Gasteiger partial charge in [-0.15, -0.1) is 11.3 Å². The van der Waals surface area contributed by atoms with E-state index in [1.165, 1.54) is 18.5 Å². The van der Waals surface area contributed by atoms with Crippen LogP contribution in [-0.2, 0) is 18.3 Å². The lowest BCUT2D eigenvalue weighted by molar-refractivity contribution is -0.133. The van der Waals surface area contributed by atoms with Gasteiger partial charge in [-0.2, -0.15) is 0 Å². The zero-order valence-electron chi connectivity index (χ0n) is 14.9. The van der Waals surface area contributed by atoms with Crippen LogP contribution in [-0.4, -0.2) is 26.9 Å². The number of aromatic nitrogens is 2. The minimum Gasteiger partial charge on any atom is -0.472 e. The molecule has 0 spiro atoms. The van der Waals surface area contributed by atoms with Crippen molar-refractivity contribution in [3.63, 3.8) is 0 Å². The molecular formula is C20H23N3O2S. The first kappa shape index (κ1) is 17.1. The number of hydrogen-bond donors (Lipinski definition) is 0. The van der Waals surface area contributed by atoms with E-state index in [1.54, 1.807) is 23.9 Å². The van der Waals surface area contributed by atoms with E-state index in [0.717, 1.165) is 35.7 Å². The number of furan rings is 1. The standard InChI is InChI=1S/C20H23N3O2S/c1-22-9-5-7-17(22)18-6-3-2-4-10-23(18)19(24)12-16-14-26-20(21-16)15-8-11-25-13-15/h5,7-9,11,13-14,18H,2-4,6,10,12H2,1H3. The molecule has 3 aromatic heterocycles. The summed E-state index contributed by atoms with van der Waals surface area (Å²) in [4.78, 5) is 19.8. The van der Waals surface area contributed by atoms with Gasteiger partial charge in [-0.3, -0.25) is 4.79 Å². The molecule has 1 fully saturated rings. The van der Waals surface area contributed by atoms with Crippen LogP contribution in [0.25, 0.3) is 10.6 Å². The zero-order valence-corrected chi connectivity index (χ0v) is 15.7. The van der Waals surface area contributed by atoms with Crippen LogP contribution in [0, 0.1) is 0 Å². The van der Waals surface area contributed by atoms with Gasteiger partial charge in [0.1, 0.15) is 11.3 Å². The Bertz CT molecular complexity index is 865. The van der Waals surface area contributed by atoms with Crippen LogP contribution in [0.15, 0.2) is 46.7 Å². The highest BCUT2D eigenvalue weighted by Crippen LogP contribution is 2.31. The van der Waals surface area contributed by atoms with Gasteiger partial charge in [-0.1, -0.05) is 12.8 Å². The van der Waals surface area contributed by atoms with E-state index in [2.05, 4.69) is 39.8 Å². The number of amides is 1. The maximum Gasteiger partial charge on any atom is 0.229 e. The molecular weight excluding hydrogens is 346 g/mol. The van der Waals surface area contributed by atoms with Crippen LogP contribution in [0.3, 0.4) is 0 Å². The summed E-state index contributed by atoms with van der Waals surface area (Å²) in [6, 6.07) is 6.25. The molecule has 1 aliphatic heterocycles. The van der Waals surface area contributed by atoms with Gasteiger partial charge in [0.25, 0.3) is 0 Å². The molecule has 136 valence electrons. The highest BCUT2D eigenvalue weighted by atomic mass is 32.1. The van der Waals surface area contributed by atoms with Crippen molar-refractivity contribution in [2.24, 2.45) is 7.05 Å². The summed E-state index contributed by atoms with van der Waals surface area (Å²) in [5.74, 6) is 0.169. The Labute approximate surface area is 157 Å². The Hall–Kier alpha value is -2.34. The summed E-state index contributed by atoms with van der Waals surface area (Å²) < 4.78 is 7.26. The third-order valence-corrected chi connectivity index (χ3v) is 5.99. The number of carbonyl (C=O) groups is 1. The Morgan fingerprint density at radius 3 is 3.04 bits per heavy atom. The number of nitrogens with zero attached hydrogens (tertiary/aromatic N) is 3. The van der Waals surface area contributed by atoms with Crippen LogP contribution in [0.5, 0.6) is 0 Å².